The Balaban J connectivity index is 1.37. The van der Waals surface area contributed by atoms with Crippen molar-refractivity contribution in [2.24, 2.45) is 0 Å². The molecule has 0 saturated carbocycles. The van der Waals surface area contributed by atoms with Crippen LogP contribution in [-0.4, -0.2) is 20.3 Å². The maximum absolute atomic E-state index is 12.3. The highest BCUT2D eigenvalue weighted by Gasteiger charge is 2.12. The maximum atomic E-state index is 12.3. The minimum atomic E-state index is -0.320. The largest absolute Gasteiger partial charge is 0.454 e. The highest BCUT2D eigenvalue weighted by atomic mass is 16.4. The number of carbonyl (C=O) groups excluding carboxylic acids is 1. The van der Waals surface area contributed by atoms with Gasteiger partial charge in [0.25, 0.3) is 11.5 Å². The quantitative estimate of drug-likeness (QED) is 0.562. The number of hydrogen-bond acceptors (Lipinski definition) is 4. The van der Waals surface area contributed by atoms with Crippen LogP contribution in [0.4, 0.5) is 0 Å². The summed E-state index contributed by atoms with van der Waals surface area (Å²) in [7, 11) is 0. The maximum Gasteiger partial charge on any atom is 0.287 e. The third kappa shape index (κ3) is 3.93. The molecule has 0 atom stereocenters. The average molecular weight is 374 g/mol. The molecule has 0 radical (unpaired) electrons. The van der Waals surface area contributed by atoms with Crippen LogP contribution in [0, 0.1) is 0 Å². The van der Waals surface area contributed by atoms with Crippen LogP contribution < -0.4 is 10.9 Å². The predicted octanol–water partition coefficient (Wildman–Crippen LogP) is 2.61. The van der Waals surface area contributed by atoms with E-state index in [2.05, 4.69) is 10.4 Å². The van der Waals surface area contributed by atoms with Crippen molar-refractivity contribution in [2.75, 3.05) is 0 Å². The predicted molar refractivity (Wildman–Crippen MR) is 103 cm³/mol. The number of rotatable bonds is 6. The molecule has 0 spiro atoms. The molecule has 0 fully saturated rings. The number of nitrogens with one attached hydrogen (secondary N) is 1. The van der Waals surface area contributed by atoms with Crippen LogP contribution in [0.3, 0.4) is 0 Å². The normalized spacial score (nSPS) is 10.7. The number of nitrogens with zero attached hydrogens (tertiary/aromatic N) is 3. The molecular weight excluding hydrogens is 356 g/mol. The van der Waals surface area contributed by atoms with Gasteiger partial charge >= 0.3 is 0 Å². The summed E-state index contributed by atoms with van der Waals surface area (Å²) in [4.78, 5) is 24.1. The Hall–Kier alpha value is -3.87. The van der Waals surface area contributed by atoms with Crippen LogP contribution in [0.2, 0.25) is 0 Å². The Morgan fingerprint density at radius 2 is 1.86 bits per heavy atom. The Bertz CT molecular complexity index is 1140. The Labute approximate surface area is 160 Å². The van der Waals surface area contributed by atoms with Crippen molar-refractivity contribution in [3.05, 3.63) is 107 Å². The van der Waals surface area contributed by atoms with Gasteiger partial charge < -0.3 is 14.3 Å². The number of para-hydroxylation sites is 1. The number of aromatic nitrogens is 3. The van der Waals surface area contributed by atoms with Crippen molar-refractivity contribution in [2.45, 2.75) is 13.1 Å². The Morgan fingerprint density at radius 3 is 2.68 bits per heavy atom. The Kier molecular flexibility index (Phi) is 4.88. The molecule has 1 aromatic carbocycles. The van der Waals surface area contributed by atoms with Crippen LogP contribution in [0.5, 0.6) is 0 Å². The van der Waals surface area contributed by atoms with Crippen molar-refractivity contribution in [3.8, 4) is 5.69 Å². The lowest BCUT2D eigenvalue weighted by Crippen LogP contribution is -2.22. The lowest BCUT2D eigenvalue weighted by Gasteiger charge is -2.03. The molecule has 1 amide bonds. The summed E-state index contributed by atoms with van der Waals surface area (Å²) in [5.41, 5.74) is 1.70. The van der Waals surface area contributed by atoms with Gasteiger partial charge in [-0.05, 0) is 30.3 Å². The third-order valence-corrected chi connectivity index (χ3v) is 4.22. The van der Waals surface area contributed by atoms with Gasteiger partial charge in [0.05, 0.1) is 18.4 Å². The number of amides is 1. The summed E-state index contributed by atoms with van der Waals surface area (Å²) >= 11 is 0. The van der Waals surface area contributed by atoms with Gasteiger partial charge in [0.15, 0.2) is 5.76 Å². The highest BCUT2D eigenvalue weighted by molar-refractivity contribution is 5.91. The second kappa shape index (κ2) is 7.79. The molecule has 140 valence electrons. The van der Waals surface area contributed by atoms with Crippen molar-refractivity contribution in [1.29, 1.82) is 0 Å². The first-order chi connectivity index (χ1) is 13.7. The fourth-order valence-electron chi connectivity index (χ4n) is 2.79. The lowest BCUT2D eigenvalue weighted by atomic mass is 10.3. The molecule has 3 aromatic heterocycles. The van der Waals surface area contributed by atoms with Crippen LogP contribution in [-0.2, 0) is 13.1 Å². The first-order valence-electron chi connectivity index (χ1n) is 8.80. The molecule has 7 nitrogen and oxygen atoms in total. The van der Waals surface area contributed by atoms with E-state index in [9.17, 15) is 9.59 Å². The van der Waals surface area contributed by atoms with Crippen molar-refractivity contribution in [1.82, 2.24) is 19.7 Å². The molecule has 28 heavy (non-hydrogen) atoms. The molecule has 4 aromatic rings. The number of pyridine rings is 1. The zero-order valence-corrected chi connectivity index (χ0v) is 15.0. The van der Waals surface area contributed by atoms with Gasteiger partial charge in [-0.1, -0.05) is 24.3 Å². The van der Waals surface area contributed by atoms with Gasteiger partial charge in [-0.25, -0.2) is 4.68 Å². The minimum Gasteiger partial charge on any atom is -0.454 e. The summed E-state index contributed by atoms with van der Waals surface area (Å²) in [5, 5.41) is 7.12. The summed E-state index contributed by atoms with van der Waals surface area (Å²) in [5.74, 6) is 0.420. The van der Waals surface area contributed by atoms with Gasteiger partial charge in [0.1, 0.15) is 5.76 Å². The van der Waals surface area contributed by atoms with E-state index in [1.807, 2.05) is 36.5 Å². The molecule has 0 unspecified atom stereocenters. The Morgan fingerprint density at radius 1 is 1.04 bits per heavy atom. The van der Waals surface area contributed by atoms with Gasteiger partial charge in [0, 0.05) is 30.6 Å². The topological polar surface area (TPSA) is 82.1 Å². The molecule has 0 aliphatic carbocycles. The van der Waals surface area contributed by atoms with Gasteiger partial charge in [-0.15, -0.1) is 0 Å². The second-order valence-corrected chi connectivity index (χ2v) is 6.24. The molecule has 0 saturated heterocycles. The van der Waals surface area contributed by atoms with E-state index in [1.165, 1.54) is 10.6 Å². The number of benzene rings is 1. The van der Waals surface area contributed by atoms with Crippen LogP contribution >= 0.6 is 0 Å². The van der Waals surface area contributed by atoms with E-state index in [-0.39, 0.29) is 23.8 Å². The number of hydrogen-bond donors (Lipinski definition) is 1. The summed E-state index contributed by atoms with van der Waals surface area (Å²) in [6, 6.07) is 18.0. The van der Waals surface area contributed by atoms with Gasteiger partial charge in [-0.2, -0.15) is 5.10 Å². The zero-order chi connectivity index (χ0) is 19.3. The molecular formula is C21H18N4O3. The summed E-state index contributed by atoms with van der Waals surface area (Å²) in [6.45, 7) is 0.608. The first-order valence-corrected chi connectivity index (χ1v) is 8.80. The summed E-state index contributed by atoms with van der Waals surface area (Å²) in [6.07, 6.45) is 5.25. The molecule has 3 heterocycles. The molecule has 0 aliphatic heterocycles. The van der Waals surface area contributed by atoms with Crippen molar-refractivity contribution >= 4 is 5.91 Å². The van der Waals surface area contributed by atoms with E-state index in [1.54, 1.807) is 41.3 Å². The second-order valence-electron chi connectivity index (χ2n) is 6.24. The third-order valence-electron chi connectivity index (χ3n) is 4.22. The van der Waals surface area contributed by atoms with Crippen molar-refractivity contribution in [3.63, 3.8) is 0 Å². The molecule has 0 bridgehead atoms. The summed E-state index contributed by atoms with van der Waals surface area (Å²) < 4.78 is 8.84. The number of carbonyl (C=O) groups is 1. The fraction of sp³-hybridized carbons (Fsp3) is 0.0952. The lowest BCUT2D eigenvalue weighted by molar-refractivity contribution is 0.0921. The van der Waals surface area contributed by atoms with Crippen LogP contribution in [0.15, 0.2) is 88.5 Å². The van der Waals surface area contributed by atoms with Crippen molar-refractivity contribution < 1.29 is 9.21 Å². The SMILES string of the molecule is O=C(NCc1cnn(-c2ccccc2)c1)c1ccc(Cn2ccccc2=O)o1. The molecule has 4 rings (SSSR count). The fourth-order valence-corrected chi connectivity index (χ4v) is 2.79. The molecule has 7 heteroatoms. The van der Waals surface area contributed by atoms with E-state index >= 15 is 0 Å². The number of furan rings is 1. The van der Waals surface area contributed by atoms with Gasteiger partial charge in [-0.3, -0.25) is 9.59 Å². The van der Waals surface area contributed by atoms with E-state index < -0.39 is 0 Å². The van der Waals surface area contributed by atoms with E-state index in [4.69, 9.17) is 4.42 Å². The van der Waals surface area contributed by atoms with E-state index in [0.29, 0.717) is 12.3 Å². The van der Waals surface area contributed by atoms with Crippen LogP contribution in [0.1, 0.15) is 21.9 Å². The van der Waals surface area contributed by atoms with Crippen LogP contribution in [0.25, 0.3) is 5.69 Å². The smallest absolute Gasteiger partial charge is 0.287 e. The van der Waals surface area contributed by atoms with E-state index in [0.717, 1.165) is 11.3 Å². The van der Waals surface area contributed by atoms with Gasteiger partial charge in [0.2, 0.25) is 0 Å². The zero-order valence-electron chi connectivity index (χ0n) is 15.0. The average Bonchev–Trinajstić information content (AvgIpc) is 3.38. The standard InChI is InChI=1S/C21H18N4O3/c26-20-8-4-5-11-24(20)15-18-9-10-19(28-18)21(27)22-12-16-13-23-25(14-16)17-6-2-1-3-7-17/h1-11,13-14H,12,15H2,(H,22,27). The molecule has 1 N–H and O–H groups in total. The first kappa shape index (κ1) is 17.5. The minimum absolute atomic E-state index is 0.125. The highest BCUT2D eigenvalue weighted by Crippen LogP contribution is 2.10. The molecule has 0 aliphatic rings. The monoisotopic (exact) mass is 374 g/mol.